The summed E-state index contributed by atoms with van der Waals surface area (Å²) < 4.78 is 48.6. The van der Waals surface area contributed by atoms with Gasteiger partial charge in [-0.2, -0.15) is 8.42 Å². The lowest BCUT2D eigenvalue weighted by Crippen LogP contribution is -2.10. The van der Waals surface area contributed by atoms with Crippen LogP contribution in [0, 0.1) is 12.7 Å². The third-order valence-electron chi connectivity index (χ3n) is 4.58. The second-order valence-corrected chi connectivity index (χ2v) is 8.53. The molecule has 0 aliphatic rings. The van der Waals surface area contributed by atoms with Crippen molar-refractivity contribution in [2.24, 2.45) is 0 Å². The summed E-state index contributed by atoms with van der Waals surface area (Å²) in [6.45, 7) is 1.74. The summed E-state index contributed by atoms with van der Waals surface area (Å²) >= 11 is 5.92. The molecule has 0 radical (unpaired) electrons. The third-order valence-corrected chi connectivity index (χ3v) is 6.09. The molecular weight excluding hydrogens is 431 g/mol. The van der Waals surface area contributed by atoms with Gasteiger partial charge in [-0.05, 0) is 72.6 Å². The van der Waals surface area contributed by atoms with Crippen molar-refractivity contribution in [2.45, 2.75) is 11.8 Å². The Balaban J connectivity index is 1.79. The smallest absolute Gasteiger partial charge is 0.344 e. The molecule has 3 aromatic carbocycles. The first-order chi connectivity index (χ1) is 14.2. The topological polar surface area (TPSA) is 73.6 Å². The van der Waals surface area contributed by atoms with E-state index in [0.717, 1.165) is 24.3 Å². The van der Waals surface area contributed by atoms with E-state index in [4.69, 9.17) is 20.2 Å². The summed E-state index contributed by atoms with van der Waals surface area (Å²) in [4.78, 5) is 12.3. The largest absolute Gasteiger partial charge is 0.422 e. The van der Waals surface area contributed by atoms with Crippen LogP contribution in [0.5, 0.6) is 5.75 Å². The predicted molar refractivity (Wildman–Crippen MR) is 112 cm³/mol. The normalized spacial score (nSPS) is 11.6. The number of aryl methyl sites for hydroxylation is 1. The van der Waals surface area contributed by atoms with Crippen LogP contribution in [-0.4, -0.2) is 8.42 Å². The van der Waals surface area contributed by atoms with Crippen molar-refractivity contribution in [3.05, 3.63) is 93.6 Å². The number of halogens is 2. The monoisotopic (exact) mass is 444 g/mol. The maximum absolute atomic E-state index is 13.1. The van der Waals surface area contributed by atoms with Crippen molar-refractivity contribution in [3.8, 4) is 16.9 Å². The molecule has 152 valence electrons. The Bertz CT molecular complexity index is 1410. The number of benzene rings is 3. The second kappa shape index (κ2) is 7.59. The van der Waals surface area contributed by atoms with Gasteiger partial charge in [0.25, 0.3) is 0 Å². The van der Waals surface area contributed by atoms with E-state index in [1.54, 1.807) is 31.2 Å². The molecule has 4 aromatic rings. The molecule has 0 N–H and O–H groups in total. The first-order valence-corrected chi connectivity index (χ1v) is 10.6. The standard InChI is InChI=1S/C22H14ClFO5S/c1-13-19-12-17(29-30(26,27)18-9-6-16(24)7-10-18)8-11-20(19)28-22(25)21(13)14-2-4-15(23)5-3-14/h2-12H,1H3. The highest BCUT2D eigenvalue weighted by molar-refractivity contribution is 7.87. The predicted octanol–water partition coefficient (Wildman–Crippen LogP) is 5.33. The third kappa shape index (κ3) is 3.81. The van der Waals surface area contributed by atoms with E-state index < -0.39 is 21.6 Å². The molecule has 1 aromatic heterocycles. The number of rotatable bonds is 4. The first kappa shape index (κ1) is 20.1. The SMILES string of the molecule is Cc1c(-c2ccc(Cl)cc2)c(=O)oc2ccc(OS(=O)(=O)c3ccc(F)cc3)cc12. The van der Waals surface area contributed by atoms with Gasteiger partial charge in [-0.3, -0.25) is 0 Å². The van der Waals surface area contributed by atoms with Gasteiger partial charge < -0.3 is 8.60 Å². The average Bonchev–Trinajstić information content (AvgIpc) is 2.70. The molecule has 0 saturated heterocycles. The summed E-state index contributed by atoms with van der Waals surface area (Å²) in [6, 6.07) is 15.4. The fourth-order valence-corrected chi connectivity index (χ4v) is 4.16. The van der Waals surface area contributed by atoms with Crippen LogP contribution in [0.25, 0.3) is 22.1 Å². The molecule has 5 nitrogen and oxygen atoms in total. The van der Waals surface area contributed by atoms with Crippen LogP contribution < -0.4 is 9.81 Å². The molecule has 30 heavy (non-hydrogen) atoms. The van der Waals surface area contributed by atoms with Gasteiger partial charge in [0.2, 0.25) is 0 Å². The second-order valence-electron chi connectivity index (χ2n) is 6.55. The number of hydrogen-bond donors (Lipinski definition) is 0. The van der Waals surface area contributed by atoms with E-state index in [0.29, 0.717) is 32.7 Å². The van der Waals surface area contributed by atoms with Crippen LogP contribution in [0.15, 0.2) is 80.8 Å². The van der Waals surface area contributed by atoms with E-state index in [9.17, 15) is 17.6 Å². The van der Waals surface area contributed by atoms with Crippen LogP contribution in [0.2, 0.25) is 5.02 Å². The zero-order chi connectivity index (χ0) is 21.5. The van der Waals surface area contributed by atoms with E-state index in [1.165, 1.54) is 18.2 Å². The Kier molecular flexibility index (Phi) is 5.09. The molecule has 0 aliphatic carbocycles. The van der Waals surface area contributed by atoms with Crippen molar-refractivity contribution in [2.75, 3.05) is 0 Å². The molecule has 0 fully saturated rings. The maximum atomic E-state index is 13.1. The Morgan fingerprint density at radius 2 is 1.63 bits per heavy atom. The van der Waals surface area contributed by atoms with E-state index in [2.05, 4.69) is 0 Å². The van der Waals surface area contributed by atoms with Gasteiger partial charge in [0, 0.05) is 10.4 Å². The molecule has 1 heterocycles. The van der Waals surface area contributed by atoms with Crippen molar-refractivity contribution in [1.29, 1.82) is 0 Å². The van der Waals surface area contributed by atoms with Crippen molar-refractivity contribution < 1.29 is 21.4 Å². The molecule has 0 saturated carbocycles. The summed E-state index contributed by atoms with van der Waals surface area (Å²) in [7, 11) is -4.16. The lowest BCUT2D eigenvalue weighted by Gasteiger charge is -2.11. The van der Waals surface area contributed by atoms with Gasteiger partial charge in [0.15, 0.2) is 0 Å². The molecule has 0 bridgehead atoms. The lowest BCUT2D eigenvalue weighted by molar-refractivity contribution is 0.485. The Hall–Kier alpha value is -3.16. The zero-order valence-electron chi connectivity index (χ0n) is 15.6. The molecule has 0 amide bonds. The Labute approximate surface area is 176 Å². The van der Waals surface area contributed by atoms with Crippen LogP contribution in [0.1, 0.15) is 5.56 Å². The quantitative estimate of drug-likeness (QED) is 0.314. The molecule has 0 aliphatic heterocycles. The molecule has 8 heteroatoms. The molecule has 0 unspecified atom stereocenters. The van der Waals surface area contributed by atoms with E-state index in [1.807, 2.05) is 0 Å². The van der Waals surface area contributed by atoms with Crippen molar-refractivity contribution in [3.63, 3.8) is 0 Å². The van der Waals surface area contributed by atoms with E-state index in [-0.39, 0.29) is 10.6 Å². The fraction of sp³-hybridized carbons (Fsp3) is 0.0455. The van der Waals surface area contributed by atoms with Crippen LogP contribution in [-0.2, 0) is 10.1 Å². The van der Waals surface area contributed by atoms with Gasteiger partial charge >= 0.3 is 15.7 Å². The van der Waals surface area contributed by atoms with Gasteiger partial charge in [-0.15, -0.1) is 0 Å². The fourth-order valence-electron chi connectivity index (χ4n) is 3.11. The molecule has 4 rings (SSSR count). The first-order valence-electron chi connectivity index (χ1n) is 8.78. The minimum Gasteiger partial charge on any atom is -0.422 e. The Morgan fingerprint density at radius 1 is 0.967 bits per heavy atom. The highest BCUT2D eigenvalue weighted by Gasteiger charge is 2.19. The van der Waals surface area contributed by atoms with Crippen LogP contribution in [0.4, 0.5) is 4.39 Å². The van der Waals surface area contributed by atoms with Gasteiger partial charge in [0.1, 0.15) is 22.0 Å². The summed E-state index contributed by atoms with van der Waals surface area (Å²) in [5.74, 6) is -0.522. The number of hydrogen-bond acceptors (Lipinski definition) is 5. The number of fused-ring (bicyclic) bond motifs is 1. The highest BCUT2D eigenvalue weighted by atomic mass is 35.5. The van der Waals surface area contributed by atoms with E-state index >= 15 is 0 Å². The molecule has 0 atom stereocenters. The van der Waals surface area contributed by atoms with Gasteiger partial charge in [-0.25, -0.2) is 9.18 Å². The van der Waals surface area contributed by atoms with Crippen LogP contribution >= 0.6 is 11.6 Å². The Morgan fingerprint density at radius 3 is 2.30 bits per heavy atom. The molecule has 0 spiro atoms. The average molecular weight is 445 g/mol. The lowest BCUT2D eigenvalue weighted by atomic mass is 9.99. The summed E-state index contributed by atoms with van der Waals surface area (Å²) in [5, 5.41) is 1.05. The summed E-state index contributed by atoms with van der Waals surface area (Å²) in [5.41, 5.74) is 1.35. The van der Waals surface area contributed by atoms with Gasteiger partial charge in [-0.1, -0.05) is 23.7 Å². The minimum absolute atomic E-state index is 0.0332. The summed E-state index contributed by atoms with van der Waals surface area (Å²) in [6.07, 6.45) is 0. The highest BCUT2D eigenvalue weighted by Crippen LogP contribution is 2.30. The van der Waals surface area contributed by atoms with Crippen molar-refractivity contribution in [1.82, 2.24) is 0 Å². The minimum atomic E-state index is -4.16. The molecular formula is C22H14ClFO5S. The van der Waals surface area contributed by atoms with Crippen molar-refractivity contribution >= 4 is 32.7 Å². The zero-order valence-corrected chi connectivity index (χ0v) is 17.1. The maximum Gasteiger partial charge on any atom is 0.344 e. The van der Waals surface area contributed by atoms with Crippen LogP contribution in [0.3, 0.4) is 0 Å². The van der Waals surface area contributed by atoms with Gasteiger partial charge in [0.05, 0.1) is 5.56 Å².